The van der Waals surface area contributed by atoms with Gasteiger partial charge in [-0.1, -0.05) is 0 Å². The molecular formula is C17H29N5O4. The number of amides is 1. The quantitative estimate of drug-likeness (QED) is 0.690. The minimum atomic E-state index is -0.866. The third-order valence-electron chi connectivity index (χ3n) is 4.43. The normalized spacial score (nSPS) is 19.7. The first-order valence-electron chi connectivity index (χ1n) is 8.88. The van der Waals surface area contributed by atoms with Gasteiger partial charge in [-0.05, 0) is 27.8 Å². The van der Waals surface area contributed by atoms with Gasteiger partial charge < -0.3 is 15.2 Å². The minimum Gasteiger partial charge on any atom is -0.480 e. The molecule has 0 spiro atoms. The molecule has 1 aliphatic rings. The van der Waals surface area contributed by atoms with Crippen LogP contribution >= 0.6 is 0 Å². The van der Waals surface area contributed by atoms with Crippen molar-refractivity contribution in [1.29, 1.82) is 0 Å². The van der Waals surface area contributed by atoms with Gasteiger partial charge in [0.25, 0.3) is 0 Å². The average molecular weight is 367 g/mol. The molecule has 1 aromatic rings. The van der Waals surface area contributed by atoms with Crippen LogP contribution in [0.5, 0.6) is 0 Å². The van der Waals surface area contributed by atoms with Crippen molar-refractivity contribution in [1.82, 2.24) is 19.6 Å². The maximum atomic E-state index is 12.6. The number of nitrogens with one attached hydrogen (secondary N) is 1. The molecule has 2 rings (SSSR count). The highest BCUT2D eigenvalue weighted by Gasteiger charge is 2.29. The van der Waals surface area contributed by atoms with Crippen LogP contribution in [0.4, 0.5) is 5.82 Å². The first kappa shape index (κ1) is 20.3. The van der Waals surface area contributed by atoms with E-state index in [0.717, 1.165) is 0 Å². The number of anilines is 1. The molecule has 1 saturated heterocycles. The highest BCUT2D eigenvalue weighted by molar-refractivity contribution is 5.93. The third-order valence-corrected chi connectivity index (χ3v) is 4.43. The van der Waals surface area contributed by atoms with Gasteiger partial charge in [0, 0.05) is 31.7 Å². The fraction of sp³-hybridized carbons (Fsp3) is 0.706. The number of carbonyl (C=O) groups excluding carboxylic acids is 1. The van der Waals surface area contributed by atoms with E-state index in [0.29, 0.717) is 32.1 Å². The van der Waals surface area contributed by atoms with Crippen molar-refractivity contribution < 1.29 is 19.4 Å². The maximum Gasteiger partial charge on any atom is 0.317 e. The van der Waals surface area contributed by atoms with Crippen molar-refractivity contribution in [2.45, 2.75) is 39.0 Å². The number of aliphatic carboxylic acids is 1. The van der Waals surface area contributed by atoms with E-state index in [1.165, 1.54) is 0 Å². The van der Waals surface area contributed by atoms with E-state index in [2.05, 4.69) is 15.3 Å². The van der Waals surface area contributed by atoms with Crippen LogP contribution in [0.1, 0.15) is 26.8 Å². The Balaban J connectivity index is 1.91. The van der Waals surface area contributed by atoms with Gasteiger partial charge in [-0.15, -0.1) is 0 Å². The zero-order valence-corrected chi connectivity index (χ0v) is 15.9. The lowest BCUT2D eigenvalue weighted by atomic mass is 10.2. The average Bonchev–Trinajstić information content (AvgIpc) is 3.01. The molecule has 1 fully saturated rings. The molecule has 2 atom stereocenters. The molecule has 2 unspecified atom stereocenters. The second kappa shape index (κ2) is 9.11. The topological polar surface area (TPSA) is 99.9 Å². The number of carboxylic acid groups (broad SMARTS) is 1. The van der Waals surface area contributed by atoms with E-state index in [9.17, 15) is 9.59 Å². The van der Waals surface area contributed by atoms with Crippen LogP contribution in [0.15, 0.2) is 12.3 Å². The van der Waals surface area contributed by atoms with E-state index in [4.69, 9.17) is 9.84 Å². The minimum absolute atomic E-state index is 0.0326. The number of morpholine rings is 1. The zero-order chi connectivity index (χ0) is 19.3. The largest absolute Gasteiger partial charge is 0.480 e. The molecule has 0 saturated carbocycles. The van der Waals surface area contributed by atoms with Gasteiger partial charge in [0.05, 0.1) is 31.5 Å². The molecular weight excluding hydrogens is 338 g/mol. The lowest BCUT2D eigenvalue weighted by Gasteiger charge is -2.37. The Bertz CT molecular complexity index is 618. The van der Waals surface area contributed by atoms with Crippen molar-refractivity contribution in [3.8, 4) is 0 Å². The number of rotatable bonds is 8. The molecule has 0 radical (unpaired) electrons. The van der Waals surface area contributed by atoms with E-state index in [-0.39, 0.29) is 30.6 Å². The van der Waals surface area contributed by atoms with Crippen molar-refractivity contribution in [2.24, 2.45) is 0 Å². The Hall–Kier alpha value is -1.97. The Morgan fingerprint density at radius 1 is 1.46 bits per heavy atom. The summed E-state index contributed by atoms with van der Waals surface area (Å²) in [5.41, 5.74) is 0. The molecule has 146 valence electrons. The molecule has 1 aliphatic heterocycles. The van der Waals surface area contributed by atoms with Gasteiger partial charge in [-0.3, -0.25) is 19.4 Å². The molecule has 2 heterocycles. The van der Waals surface area contributed by atoms with Gasteiger partial charge >= 0.3 is 5.97 Å². The Kier molecular flexibility index (Phi) is 7.13. The number of carboxylic acids is 1. The number of carbonyl (C=O) groups is 2. The SMILES string of the molecule is CC(C(=O)Nc1ccnn1C(C)C)N1CCOC(CN(C)CC(=O)O)C1. The van der Waals surface area contributed by atoms with Crippen LogP contribution in [0.2, 0.25) is 0 Å². The van der Waals surface area contributed by atoms with Crippen LogP contribution in [-0.4, -0.2) is 88.5 Å². The van der Waals surface area contributed by atoms with Gasteiger partial charge in [0.2, 0.25) is 5.91 Å². The van der Waals surface area contributed by atoms with Crippen molar-refractivity contribution in [3.05, 3.63) is 12.3 Å². The van der Waals surface area contributed by atoms with Crippen molar-refractivity contribution in [3.63, 3.8) is 0 Å². The standard InChI is InChI=1S/C17H29N5O4/c1-12(2)22-15(5-6-18-22)19-17(25)13(3)21-7-8-26-14(10-21)9-20(4)11-16(23)24/h5-6,12-14H,7-11H2,1-4H3,(H,19,25)(H,23,24). The number of hydrogen-bond acceptors (Lipinski definition) is 6. The Labute approximate surface area is 153 Å². The summed E-state index contributed by atoms with van der Waals surface area (Å²) in [6.45, 7) is 8.13. The van der Waals surface area contributed by atoms with Crippen molar-refractivity contribution in [2.75, 3.05) is 45.2 Å². The molecule has 26 heavy (non-hydrogen) atoms. The van der Waals surface area contributed by atoms with E-state index >= 15 is 0 Å². The molecule has 0 aromatic carbocycles. The number of ether oxygens (including phenoxy) is 1. The van der Waals surface area contributed by atoms with Crippen LogP contribution in [0.3, 0.4) is 0 Å². The third kappa shape index (κ3) is 5.52. The van der Waals surface area contributed by atoms with E-state index < -0.39 is 5.97 Å². The van der Waals surface area contributed by atoms with E-state index in [1.54, 1.807) is 28.9 Å². The highest BCUT2D eigenvalue weighted by atomic mass is 16.5. The molecule has 0 bridgehead atoms. The smallest absolute Gasteiger partial charge is 0.317 e. The van der Waals surface area contributed by atoms with E-state index in [1.807, 2.05) is 20.8 Å². The predicted octanol–water partition coefficient (Wildman–Crippen LogP) is 0.508. The highest BCUT2D eigenvalue weighted by Crippen LogP contribution is 2.15. The molecule has 1 amide bonds. The van der Waals surface area contributed by atoms with Crippen LogP contribution in [0, 0.1) is 0 Å². The fourth-order valence-electron chi connectivity index (χ4n) is 3.07. The second-order valence-electron chi connectivity index (χ2n) is 7.00. The lowest BCUT2D eigenvalue weighted by Crippen LogP contribution is -2.53. The first-order chi connectivity index (χ1) is 12.3. The van der Waals surface area contributed by atoms with Crippen molar-refractivity contribution >= 4 is 17.7 Å². The van der Waals surface area contributed by atoms with Gasteiger partial charge in [0.15, 0.2) is 0 Å². The summed E-state index contributed by atoms with van der Waals surface area (Å²) < 4.78 is 7.50. The molecule has 9 nitrogen and oxygen atoms in total. The van der Waals surface area contributed by atoms with Gasteiger partial charge in [-0.2, -0.15) is 5.10 Å². The second-order valence-corrected chi connectivity index (χ2v) is 7.00. The number of hydrogen-bond donors (Lipinski definition) is 2. The molecule has 2 N–H and O–H groups in total. The summed E-state index contributed by atoms with van der Waals surface area (Å²) in [5.74, 6) is -0.274. The molecule has 1 aromatic heterocycles. The Morgan fingerprint density at radius 3 is 2.85 bits per heavy atom. The first-order valence-corrected chi connectivity index (χ1v) is 8.88. The summed E-state index contributed by atoms with van der Waals surface area (Å²) in [6.07, 6.45) is 1.55. The molecule has 9 heteroatoms. The lowest BCUT2D eigenvalue weighted by molar-refractivity contribution is -0.138. The van der Waals surface area contributed by atoms with Crippen LogP contribution < -0.4 is 5.32 Å². The molecule has 0 aliphatic carbocycles. The van der Waals surface area contributed by atoms with Gasteiger partial charge in [-0.25, -0.2) is 4.68 Å². The number of likely N-dealkylation sites (N-methyl/N-ethyl adjacent to an activating group) is 1. The fourth-order valence-corrected chi connectivity index (χ4v) is 3.07. The summed E-state index contributed by atoms with van der Waals surface area (Å²) in [7, 11) is 1.75. The zero-order valence-electron chi connectivity index (χ0n) is 15.9. The summed E-state index contributed by atoms with van der Waals surface area (Å²) >= 11 is 0. The summed E-state index contributed by atoms with van der Waals surface area (Å²) in [6, 6.07) is 1.63. The summed E-state index contributed by atoms with van der Waals surface area (Å²) in [4.78, 5) is 27.2. The van der Waals surface area contributed by atoms with Gasteiger partial charge in [0.1, 0.15) is 5.82 Å². The summed E-state index contributed by atoms with van der Waals surface area (Å²) in [5, 5.41) is 16.0. The predicted molar refractivity (Wildman–Crippen MR) is 97.1 cm³/mol. The number of aromatic nitrogens is 2. The van der Waals surface area contributed by atoms with Crippen LogP contribution in [0.25, 0.3) is 0 Å². The van der Waals surface area contributed by atoms with Crippen LogP contribution in [-0.2, 0) is 14.3 Å². The maximum absolute atomic E-state index is 12.6. The monoisotopic (exact) mass is 367 g/mol. The number of nitrogens with zero attached hydrogens (tertiary/aromatic N) is 4. The Morgan fingerprint density at radius 2 is 2.19 bits per heavy atom.